The fraction of sp³-hybridized carbons (Fsp3) is 0.333. The van der Waals surface area contributed by atoms with Gasteiger partial charge in [0.25, 0.3) is 0 Å². The zero-order valence-corrected chi connectivity index (χ0v) is 11.7. The van der Waals surface area contributed by atoms with E-state index in [-0.39, 0.29) is 0 Å². The Kier molecular flexibility index (Phi) is 4.26. The summed E-state index contributed by atoms with van der Waals surface area (Å²) in [5.74, 6) is 0.940. The Balaban J connectivity index is 2.36. The lowest BCUT2D eigenvalue weighted by Crippen LogP contribution is -1.95. The Morgan fingerprint density at radius 3 is 2.50 bits per heavy atom. The Hall–Kier alpha value is -1.48. The van der Waals surface area contributed by atoms with Crippen LogP contribution < -0.4 is 0 Å². The number of aryl methyl sites for hydroxylation is 2. The second-order valence-corrected chi connectivity index (χ2v) is 4.80. The minimum absolute atomic E-state index is 0.651. The summed E-state index contributed by atoms with van der Waals surface area (Å²) in [6, 6.07) is 10.6. The molecule has 0 bridgehead atoms. The summed E-state index contributed by atoms with van der Waals surface area (Å²) in [4.78, 5) is 7.61. The number of benzene rings is 1. The van der Waals surface area contributed by atoms with Crippen molar-refractivity contribution in [2.45, 2.75) is 33.1 Å². The van der Waals surface area contributed by atoms with Crippen LogP contribution in [-0.2, 0) is 12.8 Å². The summed E-state index contributed by atoms with van der Waals surface area (Å²) in [5.41, 5.74) is 3.59. The molecule has 0 aliphatic carbocycles. The van der Waals surface area contributed by atoms with Crippen LogP contribution in [0.3, 0.4) is 0 Å². The maximum atomic E-state index is 5.19. The average molecular weight is 258 g/mol. The van der Waals surface area contributed by atoms with Crippen LogP contribution in [0.4, 0.5) is 0 Å². The number of hydrogen-bond acceptors (Lipinski definition) is 2. The molecular weight excluding hydrogens is 240 g/mol. The molecule has 1 heterocycles. The van der Waals surface area contributed by atoms with Gasteiger partial charge in [-0.15, -0.1) is 0 Å². The van der Waals surface area contributed by atoms with E-state index in [2.05, 4.69) is 48.1 Å². The number of H-pyrrole nitrogens is 1. The second kappa shape index (κ2) is 5.91. The number of hydrogen-bond donors (Lipinski definition) is 1. The van der Waals surface area contributed by atoms with Crippen LogP contribution in [-0.4, -0.2) is 9.97 Å². The van der Waals surface area contributed by atoms with Crippen LogP contribution in [0.5, 0.6) is 0 Å². The van der Waals surface area contributed by atoms with Crippen molar-refractivity contribution in [1.82, 2.24) is 9.97 Å². The number of aromatic nitrogens is 2. The standard InChI is InChI=1S/C15H18N2S/c1-3-5-11-6-8-12(9-7-11)13-10-15(18)17-14(4-2)16-13/h6-10H,3-5H2,1-2H3,(H,16,17,18). The number of nitrogens with zero attached hydrogens (tertiary/aromatic N) is 1. The SMILES string of the molecule is CCCc1ccc(-c2cc(=S)nc(CC)[nH]2)cc1. The molecule has 3 heteroatoms. The van der Waals surface area contributed by atoms with Crippen LogP contribution >= 0.6 is 12.2 Å². The van der Waals surface area contributed by atoms with Crippen molar-refractivity contribution in [3.05, 3.63) is 46.4 Å². The van der Waals surface area contributed by atoms with Gasteiger partial charge in [-0.25, -0.2) is 4.98 Å². The predicted molar refractivity (Wildman–Crippen MR) is 78.2 cm³/mol. The summed E-state index contributed by atoms with van der Waals surface area (Å²) < 4.78 is 0.651. The Morgan fingerprint density at radius 1 is 1.17 bits per heavy atom. The van der Waals surface area contributed by atoms with E-state index in [9.17, 15) is 0 Å². The van der Waals surface area contributed by atoms with Crippen LogP contribution in [0.15, 0.2) is 30.3 Å². The highest BCUT2D eigenvalue weighted by atomic mass is 32.1. The third-order valence-corrected chi connectivity index (χ3v) is 3.14. The van der Waals surface area contributed by atoms with Gasteiger partial charge in [0.2, 0.25) is 0 Å². The first kappa shape index (κ1) is 13.0. The first-order valence-electron chi connectivity index (χ1n) is 6.42. The number of rotatable bonds is 4. The van der Waals surface area contributed by atoms with Crippen molar-refractivity contribution in [1.29, 1.82) is 0 Å². The molecule has 94 valence electrons. The van der Waals surface area contributed by atoms with Crippen LogP contribution in [0, 0.1) is 4.64 Å². The predicted octanol–water partition coefficient (Wildman–Crippen LogP) is 4.32. The molecular formula is C15H18N2S. The summed E-state index contributed by atoms with van der Waals surface area (Å²) in [6.45, 7) is 4.27. The summed E-state index contributed by atoms with van der Waals surface area (Å²) in [6.07, 6.45) is 3.18. The van der Waals surface area contributed by atoms with Crippen LogP contribution in [0.2, 0.25) is 0 Å². The van der Waals surface area contributed by atoms with Gasteiger partial charge < -0.3 is 4.98 Å². The molecule has 0 aliphatic rings. The van der Waals surface area contributed by atoms with E-state index in [0.29, 0.717) is 4.64 Å². The molecule has 0 unspecified atom stereocenters. The number of aromatic amines is 1. The second-order valence-electron chi connectivity index (χ2n) is 4.38. The van der Waals surface area contributed by atoms with Crippen LogP contribution in [0.1, 0.15) is 31.7 Å². The molecule has 1 aromatic heterocycles. The smallest absolute Gasteiger partial charge is 0.130 e. The Bertz CT molecular complexity index is 570. The van der Waals surface area contributed by atoms with Crippen LogP contribution in [0.25, 0.3) is 11.3 Å². The molecule has 0 aliphatic heterocycles. The molecule has 0 fully saturated rings. The van der Waals surface area contributed by atoms with E-state index in [4.69, 9.17) is 12.2 Å². The minimum atomic E-state index is 0.651. The largest absolute Gasteiger partial charge is 0.343 e. The van der Waals surface area contributed by atoms with Crippen molar-refractivity contribution in [3.63, 3.8) is 0 Å². The third kappa shape index (κ3) is 3.05. The molecule has 2 rings (SSSR count). The summed E-state index contributed by atoms with van der Waals surface area (Å²) in [5, 5.41) is 0. The normalized spacial score (nSPS) is 10.6. The summed E-state index contributed by atoms with van der Waals surface area (Å²) in [7, 11) is 0. The van der Waals surface area contributed by atoms with Gasteiger partial charge in [0.15, 0.2) is 0 Å². The highest BCUT2D eigenvalue weighted by Crippen LogP contribution is 2.18. The van der Waals surface area contributed by atoms with Crippen molar-refractivity contribution >= 4 is 12.2 Å². The topological polar surface area (TPSA) is 28.7 Å². The van der Waals surface area contributed by atoms with Gasteiger partial charge >= 0.3 is 0 Å². The molecule has 1 N–H and O–H groups in total. The van der Waals surface area contributed by atoms with Gasteiger partial charge in [-0.2, -0.15) is 0 Å². The fourth-order valence-corrected chi connectivity index (χ4v) is 2.20. The van der Waals surface area contributed by atoms with Crippen molar-refractivity contribution in [3.8, 4) is 11.3 Å². The summed E-state index contributed by atoms with van der Waals surface area (Å²) >= 11 is 5.19. The monoisotopic (exact) mass is 258 g/mol. The zero-order chi connectivity index (χ0) is 13.0. The van der Waals surface area contributed by atoms with Gasteiger partial charge in [-0.1, -0.05) is 56.8 Å². The molecule has 18 heavy (non-hydrogen) atoms. The minimum Gasteiger partial charge on any atom is -0.343 e. The lowest BCUT2D eigenvalue weighted by molar-refractivity contribution is 0.921. The maximum Gasteiger partial charge on any atom is 0.130 e. The van der Waals surface area contributed by atoms with Gasteiger partial charge in [-0.05, 0) is 23.6 Å². The first-order valence-corrected chi connectivity index (χ1v) is 6.83. The highest BCUT2D eigenvalue weighted by Gasteiger charge is 2.01. The first-order chi connectivity index (χ1) is 8.72. The van der Waals surface area contributed by atoms with Gasteiger partial charge in [0.05, 0.1) is 0 Å². The fourth-order valence-electron chi connectivity index (χ4n) is 1.97. The van der Waals surface area contributed by atoms with Crippen molar-refractivity contribution in [2.75, 3.05) is 0 Å². The number of nitrogens with one attached hydrogen (secondary N) is 1. The molecule has 0 radical (unpaired) electrons. The molecule has 0 saturated carbocycles. The average Bonchev–Trinajstić information content (AvgIpc) is 2.39. The van der Waals surface area contributed by atoms with E-state index in [1.807, 2.05) is 6.07 Å². The molecule has 0 atom stereocenters. The lowest BCUT2D eigenvalue weighted by Gasteiger charge is -2.06. The van der Waals surface area contributed by atoms with Gasteiger partial charge in [0.1, 0.15) is 10.5 Å². The third-order valence-electron chi connectivity index (χ3n) is 2.93. The van der Waals surface area contributed by atoms with E-state index < -0.39 is 0 Å². The van der Waals surface area contributed by atoms with E-state index in [0.717, 1.165) is 29.9 Å². The van der Waals surface area contributed by atoms with Crippen molar-refractivity contribution in [2.24, 2.45) is 0 Å². The molecule has 2 aromatic rings. The molecule has 2 nitrogen and oxygen atoms in total. The van der Waals surface area contributed by atoms with Crippen molar-refractivity contribution < 1.29 is 0 Å². The molecule has 1 aromatic carbocycles. The molecule has 0 amide bonds. The quantitative estimate of drug-likeness (QED) is 0.827. The van der Waals surface area contributed by atoms with Gasteiger partial charge in [-0.3, -0.25) is 0 Å². The highest BCUT2D eigenvalue weighted by molar-refractivity contribution is 7.71. The zero-order valence-electron chi connectivity index (χ0n) is 10.9. The Labute approximate surface area is 113 Å². The maximum absolute atomic E-state index is 5.19. The molecule has 0 spiro atoms. The van der Waals surface area contributed by atoms with E-state index in [1.165, 1.54) is 12.0 Å². The lowest BCUT2D eigenvalue weighted by atomic mass is 10.1. The molecule has 0 saturated heterocycles. The van der Waals surface area contributed by atoms with E-state index in [1.54, 1.807) is 0 Å². The van der Waals surface area contributed by atoms with E-state index >= 15 is 0 Å². The Morgan fingerprint density at radius 2 is 1.89 bits per heavy atom. The van der Waals surface area contributed by atoms with Gasteiger partial charge in [0, 0.05) is 12.1 Å².